The summed E-state index contributed by atoms with van der Waals surface area (Å²) in [4.78, 5) is 0. The van der Waals surface area contributed by atoms with Gasteiger partial charge in [0.2, 0.25) is 11.8 Å². The topological polar surface area (TPSA) is 87.7 Å². The third-order valence-electron chi connectivity index (χ3n) is 4.84. The number of hydrogen-bond acceptors (Lipinski definition) is 4. The van der Waals surface area contributed by atoms with Crippen molar-refractivity contribution in [2.24, 2.45) is 5.73 Å². The minimum absolute atomic E-state index is 0.134. The number of aromatic amines is 1. The van der Waals surface area contributed by atoms with Crippen LogP contribution in [0.2, 0.25) is 0 Å². The molecule has 2 aromatic rings. The fourth-order valence-corrected chi connectivity index (χ4v) is 3.37. The van der Waals surface area contributed by atoms with Gasteiger partial charge in [0.1, 0.15) is 11.6 Å². The number of hydrogen-bond donors (Lipinski definition) is 2. The quantitative estimate of drug-likeness (QED) is 0.847. The molecule has 0 unspecified atom stereocenters. The van der Waals surface area contributed by atoms with E-state index in [0.717, 1.165) is 16.8 Å². The van der Waals surface area contributed by atoms with Gasteiger partial charge >= 0.3 is 0 Å². The number of nitrogens with one attached hydrogen (secondary N) is 1. The van der Waals surface area contributed by atoms with E-state index in [4.69, 9.17) is 10.5 Å². The summed E-state index contributed by atoms with van der Waals surface area (Å²) in [5, 5.41) is 16.8. The van der Waals surface area contributed by atoms with Crippen LogP contribution in [-0.4, -0.2) is 10.2 Å². The van der Waals surface area contributed by atoms with Crippen LogP contribution in [0.1, 0.15) is 45.0 Å². The molecule has 1 aromatic carbocycles. The summed E-state index contributed by atoms with van der Waals surface area (Å²) in [6.07, 6.45) is 0. The predicted octanol–water partition coefficient (Wildman–Crippen LogP) is 3.17. The molecule has 1 aliphatic heterocycles. The molecular weight excluding hydrogens is 288 g/mol. The lowest BCUT2D eigenvalue weighted by atomic mass is 9.78. The summed E-state index contributed by atoms with van der Waals surface area (Å²) < 4.78 is 5.54. The van der Waals surface area contributed by atoms with Crippen LogP contribution in [0.5, 0.6) is 5.88 Å². The Bertz CT molecular complexity index is 857. The summed E-state index contributed by atoms with van der Waals surface area (Å²) in [5.41, 5.74) is 14.1. The van der Waals surface area contributed by atoms with E-state index in [1.165, 1.54) is 22.3 Å². The van der Waals surface area contributed by atoms with E-state index < -0.39 is 0 Å². The number of nitrogens with zero attached hydrogens (tertiary/aromatic N) is 2. The molecule has 1 aromatic heterocycles. The Kier molecular flexibility index (Phi) is 3.41. The fourth-order valence-electron chi connectivity index (χ4n) is 3.37. The minimum Gasteiger partial charge on any atom is -0.420 e. The number of H-pyrrole nitrogens is 1. The molecule has 5 heteroatoms. The zero-order valence-electron chi connectivity index (χ0n) is 14.0. The number of fused-ring (bicyclic) bond motifs is 1. The Morgan fingerprint density at radius 3 is 2.30 bits per heavy atom. The third kappa shape index (κ3) is 2.10. The lowest BCUT2D eigenvalue weighted by Crippen LogP contribution is -2.22. The first-order valence-corrected chi connectivity index (χ1v) is 7.56. The normalized spacial score (nSPS) is 16.8. The number of nitriles is 1. The average Bonchev–Trinajstić information content (AvgIpc) is 2.86. The number of ether oxygens (including phenoxy) is 1. The fraction of sp³-hybridized carbons (Fsp3) is 0.333. The molecule has 2 heterocycles. The molecule has 0 fully saturated rings. The van der Waals surface area contributed by atoms with Gasteiger partial charge in [-0.05, 0) is 62.4 Å². The summed E-state index contributed by atoms with van der Waals surface area (Å²) >= 11 is 0. The second-order valence-electron chi connectivity index (χ2n) is 6.17. The number of rotatable bonds is 1. The van der Waals surface area contributed by atoms with Gasteiger partial charge in [0.15, 0.2) is 0 Å². The smallest absolute Gasteiger partial charge is 0.244 e. The maximum absolute atomic E-state index is 9.67. The standard InChI is InChI=1S/C18H20N4O/c1-8-6-9(2)11(4)14(10(8)3)16-13(7-19)17(20)23-18-15(16)12(5)21-22-18/h6,16H,20H2,1-5H3,(H,21,22)/t16-/m0/s1. The zero-order chi connectivity index (χ0) is 16.9. The Morgan fingerprint density at radius 1 is 1.13 bits per heavy atom. The molecule has 1 atom stereocenters. The van der Waals surface area contributed by atoms with Crippen molar-refractivity contribution < 1.29 is 4.74 Å². The average molecular weight is 308 g/mol. The molecule has 0 spiro atoms. The van der Waals surface area contributed by atoms with Gasteiger partial charge in [-0.2, -0.15) is 5.26 Å². The molecular formula is C18H20N4O. The van der Waals surface area contributed by atoms with Crippen molar-refractivity contribution in [1.29, 1.82) is 5.26 Å². The lowest BCUT2D eigenvalue weighted by Gasteiger charge is -2.27. The van der Waals surface area contributed by atoms with Crippen LogP contribution < -0.4 is 10.5 Å². The lowest BCUT2D eigenvalue weighted by molar-refractivity contribution is 0.378. The van der Waals surface area contributed by atoms with Gasteiger partial charge in [-0.1, -0.05) is 6.07 Å². The first kappa shape index (κ1) is 15.2. The van der Waals surface area contributed by atoms with Crippen molar-refractivity contribution in [1.82, 2.24) is 10.2 Å². The Hall–Kier alpha value is -2.74. The van der Waals surface area contributed by atoms with Gasteiger partial charge in [-0.3, -0.25) is 5.10 Å². The van der Waals surface area contributed by atoms with Crippen molar-refractivity contribution in [3.8, 4) is 11.9 Å². The second kappa shape index (κ2) is 5.17. The molecule has 3 N–H and O–H groups in total. The second-order valence-corrected chi connectivity index (χ2v) is 6.17. The highest BCUT2D eigenvalue weighted by molar-refractivity contribution is 5.60. The summed E-state index contributed by atoms with van der Waals surface area (Å²) in [6.45, 7) is 10.3. The monoisotopic (exact) mass is 308 g/mol. The molecule has 0 radical (unpaired) electrons. The van der Waals surface area contributed by atoms with Crippen LogP contribution >= 0.6 is 0 Å². The zero-order valence-corrected chi connectivity index (χ0v) is 14.0. The van der Waals surface area contributed by atoms with Crippen LogP contribution in [0, 0.1) is 45.9 Å². The molecule has 23 heavy (non-hydrogen) atoms. The van der Waals surface area contributed by atoms with Crippen molar-refractivity contribution in [3.63, 3.8) is 0 Å². The largest absolute Gasteiger partial charge is 0.420 e. The maximum Gasteiger partial charge on any atom is 0.244 e. The third-order valence-corrected chi connectivity index (χ3v) is 4.84. The van der Waals surface area contributed by atoms with Gasteiger partial charge in [-0.15, -0.1) is 5.10 Å². The number of aryl methyl sites for hydroxylation is 3. The summed E-state index contributed by atoms with van der Waals surface area (Å²) in [6, 6.07) is 4.42. The highest BCUT2D eigenvalue weighted by Gasteiger charge is 2.36. The van der Waals surface area contributed by atoms with E-state index in [2.05, 4.69) is 50.0 Å². The molecule has 0 saturated carbocycles. The first-order valence-electron chi connectivity index (χ1n) is 7.56. The Balaban J connectivity index is 2.39. The number of aromatic nitrogens is 2. The highest BCUT2D eigenvalue weighted by atomic mass is 16.5. The van der Waals surface area contributed by atoms with Crippen molar-refractivity contribution >= 4 is 0 Å². The molecule has 1 aliphatic rings. The number of allylic oxidation sites excluding steroid dienone is 1. The predicted molar refractivity (Wildman–Crippen MR) is 88.0 cm³/mol. The Morgan fingerprint density at radius 2 is 1.74 bits per heavy atom. The molecule has 0 bridgehead atoms. The number of nitrogens with two attached hydrogens (primary N) is 1. The van der Waals surface area contributed by atoms with Gasteiger partial charge in [0, 0.05) is 11.3 Å². The van der Waals surface area contributed by atoms with E-state index >= 15 is 0 Å². The summed E-state index contributed by atoms with van der Waals surface area (Å²) in [5.74, 6) is 0.345. The SMILES string of the molecule is Cc1cc(C)c(C)c([C@@H]2C(C#N)=C(N)Oc3n[nH]c(C)c32)c1C. The van der Waals surface area contributed by atoms with Gasteiger partial charge in [-0.25, -0.2) is 0 Å². The summed E-state index contributed by atoms with van der Waals surface area (Å²) in [7, 11) is 0. The molecule has 118 valence electrons. The molecule has 5 nitrogen and oxygen atoms in total. The maximum atomic E-state index is 9.67. The van der Waals surface area contributed by atoms with E-state index in [-0.39, 0.29) is 11.8 Å². The first-order chi connectivity index (χ1) is 10.9. The van der Waals surface area contributed by atoms with E-state index in [1.54, 1.807) is 0 Å². The van der Waals surface area contributed by atoms with Crippen LogP contribution in [0.4, 0.5) is 0 Å². The van der Waals surface area contributed by atoms with Crippen LogP contribution in [0.15, 0.2) is 17.5 Å². The van der Waals surface area contributed by atoms with Gasteiger partial charge in [0.05, 0.1) is 5.92 Å². The molecule has 0 aliphatic carbocycles. The molecule has 3 rings (SSSR count). The van der Waals surface area contributed by atoms with E-state index in [0.29, 0.717) is 11.5 Å². The van der Waals surface area contributed by atoms with Gasteiger partial charge in [0.25, 0.3) is 0 Å². The molecule has 0 amide bonds. The Labute approximate surface area is 135 Å². The van der Waals surface area contributed by atoms with Crippen LogP contribution in [0.25, 0.3) is 0 Å². The molecule has 0 saturated heterocycles. The van der Waals surface area contributed by atoms with Crippen LogP contribution in [0.3, 0.4) is 0 Å². The van der Waals surface area contributed by atoms with Crippen molar-refractivity contribution in [2.45, 2.75) is 40.5 Å². The minimum atomic E-state index is -0.249. The van der Waals surface area contributed by atoms with E-state index in [9.17, 15) is 5.26 Å². The van der Waals surface area contributed by atoms with Gasteiger partial charge < -0.3 is 10.5 Å². The highest BCUT2D eigenvalue weighted by Crippen LogP contribution is 2.45. The van der Waals surface area contributed by atoms with Crippen LogP contribution in [-0.2, 0) is 0 Å². The van der Waals surface area contributed by atoms with Crippen molar-refractivity contribution in [3.05, 3.63) is 56.6 Å². The van der Waals surface area contributed by atoms with E-state index in [1.807, 2.05) is 6.92 Å². The number of benzene rings is 1. The van der Waals surface area contributed by atoms with Crippen molar-refractivity contribution in [2.75, 3.05) is 0 Å².